The number of nitrogens with zero attached hydrogens (tertiary/aromatic N) is 1. The van der Waals surface area contributed by atoms with Crippen LogP contribution in [0.2, 0.25) is 0 Å². The van der Waals surface area contributed by atoms with Crippen LogP contribution in [0.25, 0.3) is 0 Å². The Morgan fingerprint density at radius 2 is 1.94 bits per heavy atom. The summed E-state index contributed by atoms with van der Waals surface area (Å²) in [6.45, 7) is 4.32. The van der Waals surface area contributed by atoms with Crippen molar-refractivity contribution < 1.29 is 5.11 Å². The Kier molecular flexibility index (Phi) is 3.59. The maximum absolute atomic E-state index is 10.3. The fraction of sp³-hybridized carbons (Fsp3) is 0.643. The van der Waals surface area contributed by atoms with Gasteiger partial charge in [0.05, 0.1) is 6.10 Å². The Hall–Kier alpha value is -0.890. The number of hydrogen-bond acceptors (Lipinski definition) is 2. The van der Waals surface area contributed by atoms with E-state index in [1.54, 1.807) is 6.20 Å². The van der Waals surface area contributed by atoms with Gasteiger partial charge in [0.1, 0.15) is 0 Å². The minimum Gasteiger partial charge on any atom is -0.388 e. The smallest absolute Gasteiger partial charge is 0.0833 e. The molecule has 1 fully saturated rings. The molecule has 2 rings (SSSR count). The van der Waals surface area contributed by atoms with Crippen molar-refractivity contribution in [2.45, 2.75) is 45.6 Å². The van der Waals surface area contributed by atoms with E-state index in [0.717, 1.165) is 29.9 Å². The largest absolute Gasteiger partial charge is 0.388 e. The van der Waals surface area contributed by atoms with Crippen molar-refractivity contribution in [1.82, 2.24) is 4.98 Å². The summed E-state index contributed by atoms with van der Waals surface area (Å²) in [5.41, 5.74) is 2.11. The number of aliphatic hydroxyl groups is 1. The average molecular weight is 219 g/mol. The molecule has 88 valence electrons. The van der Waals surface area contributed by atoms with Gasteiger partial charge in [-0.3, -0.25) is 4.98 Å². The van der Waals surface area contributed by atoms with Gasteiger partial charge in [-0.05, 0) is 42.7 Å². The Morgan fingerprint density at radius 3 is 2.56 bits per heavy atom. The number of aliphatic hydroxyl groups excluding tert-OH is 1. The van der Waals surface area contributed by atoms with E-state index in [2.05, 4.69) is 18.0 Å². The summed E-state index contributed by atoms with van der Waals surface area (Å²) in [5, 5.41) is 10.3. The van der Waals surface area contributed by atoms with Crippen LogP contribution in [-0.2, 0) is 0 Å². The first-order valence-corrected chi connectivity index (χ1v) is 6.26. The molecule has 2 heteroatoms. The van der Waals surface area contributed by atoms with Crippen LogP contribution < -0.4 is 0 Å². The molecule has 0 spiro atoms. The van der Waals surface area contributed by atoms with Crippen LogP contribution >= 0.6 is 0 Å². The molecule has 0 radical (unpaired) electrons. The first-order chi connectivity index (χ1) is 7.66. The van der Waals surface area contributed by atoms with E-state index < -0.39 is 0 Å². The van der Waals surface area contributed by atoms with Crippen LogP contribution in [-0.4, -0.2) is 10.1 Å². The highest BCUT2D eigenvalue weighted by Gasteiger charge is 2.25. The average Bonchev–Trinajstić information content (AvgIpc) is 2.29. The van der Waals surface area contributed by atoms with Crippen LogP contribution in [0.3, 0.4) is 0 Å². The molecule has 0 aliphatic heterocycles. The zero-order valence-electron chi connectivity index (χ0n) is 10.2. The molecule has 1 atom stereocenters. The second-order valence-electron chi connectivity index (χ2n) is 5.26. The van der Waals surface area contributed by atoms with Crippen LogP contribution in [0, 0.1) is 18.8 Å². The van der Waals surface area contributed by atoms with Gasteiger partial charge in [-0.25, -0.2) is 0 Å². The highest BCUT2D eigenvalue weighted by molar-refractivity contribution is 5.19. The van der Waals surface area contributed by atoms with E-state index in [1.165, 1.54) is 12.8 Å². The molecule has 1 aromatic rings. The van der Waals surface area contributed by atoms with Gasteiger partial charge in [0.15, 0.2) is 0 Å². The van der Waals surface area contributed by atoms with Crippen LogP contribution in [0.15, 0.2) is 18.5 Å². The lowest BCUT2D eigenvalue weighted by atomic mass is 9.79. The predicted molar refractivity (Wildman–Crippen MR) is 65.1 cm³/mol. The van der Waals surface area contributed by atoms with Crippen molar-refractivity contribution in [2.24, 2.45) is 11.8 Å². The molecule has 1 heterocycles. The Labute approximate surface area is 97.7 Å². The summed E-state index contributed by atoms with van der Waals surface area (Å²) in [6, 6.07) is 2.05. The molecular formula is C14H21NO. The number of aryl methyl sites for hydroxylation is 1. The van der Waals surface area contributed by atoms with Crippen LogP contribution in [0.1, 0.15) is 49.8 Å². The maximum Gasteiger partial charge on any atom is 0.0833 e. The summed E-state index contributed by atoms with van der Waals surface area (Å²) in [7, 11) is 0. The lowest BCUT2D eigenvalue weighted by molar-refractivity contribution is 0.0752. The lowest BCUT2D eigenvalue weighted by Gasteiger charge is -2.30. The van der Waals surface area contributed by atoms with E-state index in [-0.39, 0.29) is 6.10 Å². The molecule has 1 aromatic heterocycles. The Morgan fingerprint density at radius 1 is 1.25 bits per heavy atom. The van der Waals surface area contributed by atoms with Gasteiger partial charge >= 0.3 is 0 Å². The highest BCUT2D eigenvalue weighted by Crippen LogP contribution is 2.36. The van der Waals surface area contributed by atoms with Gasteiger partial charge in [-0.1, -0.05) is 25.8 Å². The second-order valence-corrected chi connectivity index (χ2v) is 5.26. The molecule has 0 amide bonds. The molecule has 0 saturated heterocycles. The van der Waals surface area contributed by atoms with Gasteiger partial charge in [0.2, 0.25) is 0 Å². The Balaban J connectivity index is 2.04. The van der Waals surface area contributed by atoms with Crippen LogP contribution in [0.5, 0.6) is 0 Å². The van der Waals surface area contributed by atoms with Crippen molar-refractivity contribution in [3.63, 3.8) is 0 Å². The van der Waals surface area contributed by atoms with Gasteiger partial charge in [0.25, 0.3) is 0 Å². The normalized spacial score (nSPS) is 27.7. The van der Waals surface area contributed by atoms with E-state index in [4.69, 9.17) is 0 Å². The molecule has 1 unspecified atom stereocenters. The first kappa shape index (κ1) is 11.6. The van der Waals surface area contributed by atoms with E-state index in [1.807, 2.05) is 13.1 Å². The summed E-state index contributed by atoms with van der Waals surface area (Å²) >= 11 is 0. The predicted octanol–water partition coefficient (Wildman–Crippen LogP) is 3.25. The number of rotatable bonds is 2. The third-order valence-electron chi connectivity index (χ3n) is 3.74. The molecule has 1 saturated carbocycles. The van der Waals surface area contributed by atoms with E-state index in [0.29, 0.717) is 5.92 Å². The molecule has 0 aromatic carbocycles. The SMILES string of the molecule is Cc1cncc(C(O)C2CCC(C)CC2)c1. The Bertz CT molecular complexity index is 342. The third-order valence-corrected chi connectivity index (χ3v) is 3.74. The number of pyridine rings is 1. The van der Waals surface area contributed by atoms with Crippen molar-refractivity contribution in [1.29, 1.82) is 0 Å². The molecule has 16 heavy (non-hydrogen) atoms. The summed E-state index contributed by atoms with van der Waals surface area (Å²) in [5.74, 6) is 1.26. The fourth-order valence-electron chi connectivity index (χ4n) is 2.61. The van der Waals surface area contributed by atoms with Crippen molar-refractivity contribution >= 4 is 0 Å². The summed E-state index contributed by atoms with van der Waals surface area (Å²) in [4.78, 5) is 4.16. The fourth-order valence-corrected chi connectivity index (χ4v) is 2.61. The van der Waals surface area contributed by atoms with Crippen molar-refractivity contribution in [3.8, 4) is 0 Å². The minimum absolute atomic E-state index is 0.320. The van der Waals surface area contributed by atoms with Gasteiger partial charge < -0.3 is 5.11 Å². The van der Waals surface area contributed by atoms with Gasteiger partial charge in [0, 0.05) is 12.4 Å². The van der Waals surface area contributed by atoms with E-state index in [9.17, 15) is 5.11 Å². The minimum atomic E-state index is -0.320. The lowest BCUT2D eigenvalue weighted by Crippen LogP contribution is -2.19. The van der Waals surface area contributed by atoms with Gasteiger partial charge in [-0.15, -0.1) is 0 Å². The highest BCUT2D eigenvalue weighted by atomic mass is 16.3. The molecule has 2 nitrogen and oxygen atoms in total. The standard InChI is InChI=1S/C14H21NO/c1-10-3-5-12(6-4-10)14(16)13-7-11(2)8-15-9-13/h7-10,12,14,16H,3-6H2,1-2H3. The topological polar surface area (TPSA) is 33.1 Å². The van der Waals surface area contributed by atoms with Crippen molar-refractivity contribution in [3.05, 3.63) is 29.6 Å². The summed E-state index contributed by atoms with van der Waals surface area (Å²) in [6.07, 6.45) is 8.11. The van der Waals surface area contributed by atoms with E-state index >= 15 is 0 Å². The molecule has 1 aliphatic carbocycles. The molecule has 1 aliphatic rings. The zero-order chi connectivity index (χ0) is 11.5. The maximum atomic E-state index is 10.3. The molecule has 0 bridgehead atoms. The van der Waals surface area contributed by atoms with Crippen molar-refractivity contribution in [2.75, 3.05) is 0 Å². The zero-order valence-corrected chi connectivity index (χ0v) is 10.2. The molecule has 1 N–H and O–H groups in total. The summed E-state index contributed by atoms with van der Waals surface area (Å²) < 4.78 is 0. The molecular weight excluding hydrogens is 198 g/mol. The number of aromatic nitrogens is 1. The monoisotopic (exact) mass is 219 g/mol. The third kappa shape index (κ3) is 2.62. The van der Waals surface area contributed by atoms with Gasteiger partial charge in [-0.2, -0.15) is 0 Å². The second kappa shape index (κ2) is 4.96. The van der Waals surface area contributed by atoms with Crippen LogP contribution in [0.4, 0.5) is 0 Å². The number of hydrogen-bond donors (Lipinski definition) is 1. The quantitative estimate of drug-likeness (QED) is 0.828. The first-order valence-electron chi connectivity index (χ1n) is 6.26.